The van der Waals surface area contributed by atoms with Gasteiger partial charge in [0.15, 0.2) is 24.4 Å². The molecule has 4 unspecified atom stereocenters. The molecule has 0 amide bonds. The number of hydrogen-bond acceptors (Lipinski definition) is 13. The predicted octanol–water partition coefficient (Wildman–Crippen LogP) is 19.0. The number of allylic oxidation sites excluding steroid dienone is 8. The molecule has 0 saturated heterocycles. The molecular weight excluding hydrogens is 1280 g/mol. The van der Waals surface area contributed by atoms with Crippen LogP contribution in [0.1, 0.15) is 209 Å². The lowest BCUT2D eigenvalue weighted by atomic mass is 9.84. The maximum atomic E-state index is 12.1. The molecule has 4 aromatic carbocycles. The van der Waals surface area contributed by atoms with Crippen LogP contribution in [0.3, 0.4) is 0 Å². The lowest BCUT2D eigenvalue weighted by Crippen LogP contribution is -2.27. The second-order valence-corrected chi connectivity index (χ2v) is 26.1. The van der Waals surface area contributed by atoms with Crippen LogP contribution in [0.15, 0.2) is 162 Å². The van der Waals surface area contributed by atoms with E-state index in [2.05, 4.69) is 41.2 Å². The number of benzene rings is 4. The molecule has 5 aliphatic rings. The molecule has 0 aliphatic heterocycles. The van der Waals surface area contributed by atoms with Gasteiger partial charge in [-0.05, 0) is 270 Å². The summed E-state index contributed by atoms with van der Waals surface area (Å²) in [6.07, 6.45) is 29.8. The van der Waals surface area contributed by atoms with Crippen molar-refractivity contribution in [2.75, 3.05) is 0 Å². The van der Waals surface area contributed by atoms with Crippen molar-refractivity contribution >= 4 is 45.8 Å². The van der Waals surface area contributed by atoms with Crippen LogP contribution in [0.4, 0.5) is 13.2 Å². The number of carboxylic acids is 4. The van der Waals surface area contributed by atoms with Gasteiger partial charge in [0.25, 0.3) is 0 Å². The number of halogens is 3. The lowest BCUT2D eigenvalue weighted by molar-refractivity contribution is -0.274. The summed E-state index contributed by atoms with van der Waals surface area (Å²) in [5.74, 6) is -1.91. The van der Waals surface area contributed by atoms with E-state index in [4.69, 9.17) is 27.8 Å². The number of alkyl halides is 3. The Bertz CT molecular complexity index is 3890. The Morgan fingerprint density at radius 1 is 0.424 bits per heavy atom. The average Bonchev–Trinajstić information content (AvgIpc) is 0.819. The van der Waals surface area contributed by atoms with Crippen LogP contribution in [-0.2, 0) is 19.2 Å². The summed E-state index contributed by atoms with van der Waals surface area (Å²) in [5.41, 5.74) is 8.29. The maximum Gasteiger partial charge on any atom is 0.573 e. The Hall–Kier alpha value is -9.07. The van der Waals surface area contributed by atoms with Gasteiger partial charge < -0.3 is 52.9 Å². The monoisotopic (exact) mass is 1370 g/mol. The van der Waals surface area contributed by atoms with Crippen molar-refractivity contribution in [3.05, 3.63) is 181 Å². The van der Waals surface area contributed by atoms with Gasteiger partial charge in [-0.2, -0.15) is 0 Å². The van der Waals surface area contributed by atoms with Crippen molar-refractivity contribution in [2.45, 2.75) is 237 Å². The molecule has 2 aromatic heterocycles. The number of rotatable bonds is 26. The van der Waals surface area contributed by atoms with Crippen LogP contribution in [0, 0.1) is 13.8 Å². The Labute approximate surface area is 575 Å². The minimum Gasteiger partial charge on any atom is -0.479 e. The van der Waals surface area contributed by atoms with E-state index in [1.165, 1.54) is 123 Å². The van der Waals surface area contributed by atoms with Gasteiger partial charge in [-0.25, -0.2) is 28.8 Å². The summed E-state index contributed by atoms with van der Waals surface area (Å²) in [6.45, 7) is 3.64. The van der Waals surface area contributed by atoms with Gasteiger partial charge in [0.1, 0.15) is 39.9 Å². The molecule has 1 saturated carbocycles. The highest BCUT2D eigenvalue weighted by Gasteiger charge is 2.31. The van der Waals surface area contributed by atoms with Crippen LogP contribution in [-0.4, -0.2) is 75.1 Å². The zero-order chi connectivity index (χ0) is 70.7. The summed E-state index contributed by atoms with van der Waals surface area (Å²) in [6, 6.07) is 25.8. The van der Waals surface area contributed by atoms with E-state index < -0.39 is 65.9 Å². The van der Waals surface area contributed by atoms with E-state index in [-0.39, 0.29) is 11.5 Å². The molecule has 11 rings (SSSR count). The summed E-state index contributed by atoms with van der Waals surface area (Å²) in [4.78, 5) is 68.9. The summed E-state index contributed by atoms with van der Waals surface area (Å²) in [5, 5.41) is 39.2. The fourth-order valence-corrected chi connectivity index (χ4v) is 13.1. The number of hydrogen-bond donors (Lipinski definition) is 4. The molecule has 0 bridgehead atoms. The molecule has 6 aromatic rings. The molecule has 2 heterocycles. The molecule has 99 heavy (non-hydrogen) atoms. The van der Waals surface area contributed by atoms with Crippen molar-refractivity contribution in [1.29, 1.82) is 0 Å². The predicted molar refractivity (Wildman–Crippen MR) is 371 cm³/mol. The number of fused-ring (bicyclic) bond motifs is 2. The largest absolute Gasteiger partial charge is 0.573 e. The minimum absolute atomic E-state index is 0.189. The topological polar surface area (TPSA) is 256 Å². The molecule has 4 N–H and O–H groups in total. The molecular formula is C79H93F3O17. The standard InChI is InChI=1S/C22H30O3.2C20H22O5.C17H19F3O4/c23-22(24)21(16-11-17-7-3-1-4-8-17)25-20-14-12-19(13-15-20)18-9-5-2-6-10-18;1-13-11-19(21)25-18-12-15(8-9-16(13)18)24-17(20(22)23)10-7-14-5-3-2-4-6-14;1-13-11-19(21)25-17-10-8-15(12-16(13)17)24-18(20(22)23)9-7-14-5-3-2-4-6-14;18-17(19,20)24-14-9-7-13(8-10-14)23-15(16(21)22)11-6-12-4-2-1-3-5-12/h7,12-15,18,21H,1-6,8-11,16H2,(H,23,24);5,8-9,11-12,17H,2-4,6-7,10H2,1H3,(H,22,23);5,8,10-12,18H,2-4,6-7,9H2,1H3,(H,22,23);4,7-10,15H,1-3,5-6,11H2,(H,21,22). The first-order valence-corrected chi connectivity index (χ1v) is 35.0. The first-order chi connectivity index (χ1) is 47.6. The van der Waals surface area contributed by atoms with Gasteiger partial charge in [-0.15, -0.1) is 13.2 Å². The number of carbonyl (C=O) groups is 4. The zero-order valence-corrected chi connectivity index (χ0v) is 56.7. The molecule has 532 valence electrons. The van der Waals surface area contributed by atoms with Crippen molar-refractivity contribution in [3.8, 4) is 28.7 Å². The highest BCUT2D eigenvalue weighted by atomic mass is 19.4. The van der Waals surface area contributed by atoms with Crippen LogP contribution in [0.25, 0.3) is 21.9 Å². The SMILES string of the molecule is Cc1cc(=O)oc2cc(OC(CCC3=CCCCC3)C(=O)O)ccc12.Cc1cc(=O)oc2ccc(OC(CCC3=CCCCC3)C(=O)O)cc12.O=C(O)C(CCC1=CCCCC1)Oc1ccc(C2CCCCC2)cc1.O=C(O)C(CCC1=CCCCC1)Oc1ccc(OC(F)(F)F)cc1. The van der Waals surface area contributed by atoms with Crippen molar-refractivity contribution < 1.29 is 85.3 Å². The first-order valence-electron chi connectivity index (χ1n) is 35.0. The Morgan fingerprint density at radius 3 is 1.17 bits per heavy atom. The van der Waals surface area contributed by atoms with E-state index in [0.29, 0.717) is 66.4 Å². The molecule has 5 aliphatic carbocycles. The Balaban J connectivity index is 0.000000168. The van der Waals surface area contributed by atoms with Gasteiger partial charge in [0.2, 0.25) is 0 Å². The van der Waals surface area contributed by atoms with Crippen molar-refractivity contribution in [1.82, 2.24) is 0 Å². The highest BCUT2D eigenvalue weighted by molar-refractivity contribution is 5.83. The lowest BCUT2D eigenvalue weighted by Gasteiger charge is -2.22. The van der Waals surface area contributed by atoms with Gasteiger partial charge in [0, 0.05) is 29.0 Å². The summed E-state index contributed by atoms with van der Waals surface area (Å²) < 4.78 is 72.9. The Morgan fingerprint density at radius 2 is 0.778 bits per heavy atom. The van der Waals surface area contributed by atoms with E-state index in [1.54, 1.807) is 36.4 Å². The van der Waals surface area contributed by atoms with Crippen LogP contribution in [0.2, 0.25) is 0 Å². The molecule has 0 spiro atoms. The van der Waals surface area contributed by atoms with Crippen molar-refractivity contribution in [2.24, 2.45) is 0 Å². The third-order valence-electron chi connectivity index (χ3n) is 18.5. The molecule has 1 fully saturated rings. The van der Waals surface area contributed by atoms with Crippen LogP contribution < -0.4 is 34.9 Å². The van der Waals surface area contributed by atoms with Crippen molar-refractivity contribution in [3.63, 3.8) is 0 Å². The molecule has 20 heteroatoms. The fourth-order valence-electron chi connectivity index (χ4n) is 13.1. The zero-order valence-electron chi connectivity index (χ0n) is 56.7. The normalized spacial score (nSPS) is 16.9. The van der Waals surface area contributed by atoms with Gasteiger partial charge in [0.05, 0.1) is 0 Å². The third kappa shape index (κ3) is 25.6. The Kier molecular flexibility index (Phi) is 29.3. The quantitative estimate of drug-likeness (QED) is 0.0291. The van der Waals surface area contributed by atoms with Gasteiger partial charge in [-0.1, -0.05) is 78.0 Å². The molecule has 4 atom stereocenters. The van der Waals surface area contributed by atoms with Crippen LogP contribution >= 0.6 is 0 Å². The maximum absolute atomic E-state index is 12.1. The van der Waals surface area contributed by atoms with Crippen LogP contribution in [0.5, 0.6) is 28.7 Å². The fraction of sp³-hybridized carbons (Fsp3) is 0.468. The van der Waals surface area contributed by atoms with E-state index in [1.807, 2.05) is 26.0 Å². The van der Waals surface area contributed by atoms with Gasteiger partial charge >= 0.3 is 41.5 Å². The number of ether oxygens (including phenoxy) is 5. The van der Waals surface area contributed by atoms with E-state index >= 15 is 0 Å². The second-order valence-electron chi connectivity index (χ2n) is 26.1. The highest BCUT2D eigenvalue weighted by Crippen LogP contribution is 2.35. The third-order valence-corrected chi connectivity index (χ3v) is 18.5. The summed E-state index contributed by atoms with van der Waals surface area (Å²) >= 11 is 0. The molecule has 17 nitrogen and oxygen atoms in total. The van der Waals surface area contributed by atoms with Gasteiger partial charge in [-0.3, -0.25) is 0 Å². The average molecular weight is 1370 g/mol. The number of aliphatic carboxylic acids is 4. The number of aryl methyl sites for hydroxylation is 2. The van der Waals surface area contributed by atoms with E-state index in [9.17, 15) is 62.4 Å². The van der Waals surface area contributed by atoms with E-state index in [0.717, 1.165) is 118 Å². The minimum atomic E-state index is -4.76. The summed E-state index contributed by atoms with van der Waals surface area (Å²) in [7, 11) is 0. The first kappa shape index (κ1) is 75.7. The smallest absolute Gasteiger partial charge is 0.479 e. The second kappa shape index (κ2) is 38.3. The number of carboxylic acid groups (broad SMARTS) is 4. The molecule has 0 radical (unpaired) electrons.